The molecule has 1 heterocycles. The molecule has 1 unspecified atom stereocenters. The zero-order valence-electron chi connectivity index (χ0n) is 10.2. The Labute approximate surface area is 107 Å². The van der Waals surface area contributed by atoms with Crippen molar-refractivity contribution in [2.75, 3.05) is 0 Å². The van der Waals surface area contributed by atoms with Gasteiger partial charge in [0.25, 0.3) is 0 Å². The van der Waals surface area contributed by atoms with E-state index in [1.54, 1.807) is 0 Å². The van der Waals surface area contributed by atoms with Gasteiger partial charge in [-0.15, -0.1) is 0 Å². The van der Waals surface area contributed by atoms with Gasteiger partial charge in [-0.3, -0.25) is 0 Å². The van der Waals surface area contributed by atoms with E-state index in [0.29, 0.717) is 5.92 Å². The first-order chi connectivity index (χ1) is 8.25. The summed E-state index contributed by atoms with van der Waals surface area (Å²) in [6, 6.07) is 6.79. The summed E-state index contributed by atoms with van der Waals surface area (Å²) in [5, 5.41) is 2.21. The molecule has 1 aliphatic heterocycles. The van der Waals surface area contributed by atoms with Gasteiger partial charge < -0.3 is 0 Å². The van der Waals surface area contributed by atoms with Crippen LogP contribution in [0.3, 0.4) is 0 Å². The molecule has 0 spiro atoms. The van der Waals surface area contributed by atoms with Crippen molar-refractivity contribution in [3.63, 3.8) is 0 Å². The van der Waals surface area contributed by atoms with Crippen LogP contribution in [0.15, 0.2) is 52.3 Å². The van der Waals surface area contributed by atoms with Gasteiger partial charge in [0.2, 0.25) is 0 Å². The highest BCUT2D eigenvalue weighted by Crippen LogP contribution is 2.41. The normalized spacial score (nSPS) is 22.1. The third-order valence-electron chi connectivity index (χ3n) is 3.46. The topological polar surface area (TPSA) is 0 Å². The van der Waals surface area contributed by atoms with Crippen molar-refractivity contribution in [1.29, 1.82) is 0 Å². The quantitative estimate of drug-likeness (QED) is 0.617. The fraction of sp³-hybridized carbons (Fsp3) is 0.250. The number of hydrogen-bond donors (Lipinski definition) is 0. The number of thioether (sulfide) groups is 1. The number of benzene rings is 1. The van der Waals surface area contributed by atoms with Crippen LogP contribution in [0, 0.1) is 12.8 Å². The van der Waals surface area contributed by atoms with Crippen molar-refractivity contribution in [2.45, 2.75) is 25.2 Å². The highest BCUT2D eigenvalue weighted by Gasteiger charge is 2.20. The van der Waals surface area contributed by atoms with Crippen molar-refractivity contribution in [1.82, 2.24) is 0 Å². The number of rotatable bonds is 0. The van der Waals surface area contributed by atoms with Crippen LogP contribution in [0.2, 0.25) is 0 Å². The van der Waals surface area contributed by atoms with Crippen LogP contribution in [-0.4, -0.2) is 0 Å². The average molecular weight is 240 g/mol. The van der Waals surface area contributed by atoms with Crippen LogP contribution in [0.25, 0.3) is 5.57 Å². The molecule has 1 heteroatoms. The number of fused-ring (bicyclic) bond motifs is 2. The minimum absolute atomic E-state index is 0.624. The first-order valence-corrected chi connectivity index (χ1v) is 6.98. The van der Waals surface area contributed by atoms with Gasteiger partial charge in [0.05, 0.1) is 0 Å². The van der Waals surface area contributed by atoms with E-state index in [2.05, 4.69) is 55.7 Å². The van der Waals surface area contributed by atoms with Crippen LogP contribution < -0.4 is 0 Å². The minimum Gasteiger partial charge on any atom is -0.0974 e. The average Bonchev–Trinajstić information content (AvgIpc) is 2.49. The summed E-state index contributed by atoms with van der Waals surface area (Å²) in [7, 11) is 0. The smallest absolute Gasteiger partial charge is 0.0192 e. The summed E-state index contributed by atoms with van der Waals surface area (Å²) >= 11 is 1.83. The number of hydrogen-bond acceptors (Lipinski definition) is 1. The van der Waals surface area contributed by atoms with Crippen molar-refractivity contribution in [2.24, 2.45) is 5.92 Å². The Balaban J connectivity index is 2.26. The van der Waals surface area contributed by atoms with Crippen LogP contribution in [-0.2, 0) is 0 Å². The van der Waals surface area contributed by atoms with Gasteiger partial charge in [-0.05, 0) is 53.5 Å². The van der Waals surface area contributed by atoms with Gasteiger partial charge >= 0.3 is 0 Å². The van der Waals surface area contributed by atoms with Gasteiger partial charge in [-0.2, -0.15) is 0 Å². The highest BCUT2D eigenvalue weighted by molar-refractivity contribution is 8.02. The predicted molar refractivity (Wildman–Crippen MR) is 76.0 cm³/mol. The zero-order chi connectivity index (χ0) is 11.8. The summed E-state index contributed by atoms with van der Waals surface area (Å²) in [6.45, 7) is 4.50. The summed E-state index contributed by atoms with van der Waals surface area (Å²) in [4.78, 5) is 1.39. The Morgan fingerprint density at radius 3 is 3.00 bits per heavy atom. The Bertz CT molecular complexity index is 547. The highest BCUT2D eigenvalue weighted by atomic mass is 32.2. The molecule has 0 saturated carbocycles. The Morgan fingerprint density at radius 2 is 2.12 bits per heavy atom. The van der Waals surface area contributed by atoms with Crippen LogP contribution in [0.4, 0.5) is 0 Å². The fourth-order valence-electron chi connectivity index (χ4n) is 2.60. The second-order valence-electron chi connectivity index (χ2n) is 4.83. The molecule has 1 atom stereocenters. The molecular weight excluding hydrogens is 224 g/mol. The van der Waals surface area contributed by atoms with Crippen molar-refractivity contribution >= 4 is 17.3 Å². The standard InChI is InChI=1S/C16H16S/c1-11-6-7-15-14(10-11)16-12(2)4-3-5-13(16)8-9-17-15/h3,5-10,12H,4H2,1-2H3. The van der Waals surface area contributed by atoms with Crippen molar-refractivity contribution in [3.8, 4) is 0 Å². The van der Waals surface area contributed by atoms with Gasteiger partial charge in [0.1, 0.15) is 0 Å². The monoisotopic (exact) mass is 240 g/mol. The molecule has 2 aliphatic rings. The first-order valence-electron chi connectivity index (χ1n) is 6.10. The van der Waals surface area contributed by atoms with Crippen LogP contribution in [0.1, 0.15) is 24.5 Å². The lowest BCUT2D eigenvalue weighted by molar-refractivity contribution is 0.752. The summed E-state index contributed by atoms with van der Waals surface area (Å²) in [6.07, 6.45) is 7.97. The fourth-order valence-corrected chi connectivity index (χ4v) is 3.40. The summed E-state index contributed by atoms with van der Waals surface area (Å²) in [5.74, 6) is 0.624. The van der Waals surface area contributed by atoms with Crippen LogP contribution >= 0.6 is 11.8 Å². The molecule has 0 saturated heterocycles. The molecule has 3 rings (SSSR count). The maximum Gasteiger partial charge on any atom is 0.0192 e. The third-order valence-corrected chi connectivity index (χ3v) is 4.34. The number of allylic oxidation sites excluding steroid dienone is 5. The molecule has 0 radical (unpaired) electrons. The molecule has 0 amide bonds. The predicted octanol–water partition coefficient (Wildman–Crippen LogP) is 4.96. The molecule has 0 bridgehead atoms. The van der Waals surface area contributed by atoms with E-state index < -0.39 is 0 Å². The maximum absolute atomic E-state index is 2.33. The Hall–Kier alpha value is -1.21. The molecule has 0 fully saturated rings. The van der Waals surface area contributed by atoms with E-state index >= 15 is 0 Å². The molecule has 0 N–H and O–H groups in total. The van der Waals surface area contributed by atoms with Gasteiger partial charge in [0.15, 0.2) is 0 Å². The van der Waals surface area contributed by atoms with E-state index in [9.17, 15) is 0 Å². The van der Waals surface area contributed by atoms with Gasteiger partial charge in [-0.1, -0.05) is 48.5 Å². The summed E-state index contributed by atoms with van der Waals surface area (Å²) in [5.41, 5.74) is 5.69. The molecule has 1 aromatic carbocycles. The largest absolute Gasteiger partial charge is 0.0974 e. The first kappa shape index (κ1) is 10.9. The van der Waals surface area contributed by atoms with Gasteiger partial charge in [0, 0.05) is 4.90 Å². The second kappa shape index (κ2) is 4.23. The van der Waals surface area contributed by atoms with E-state index in [0.717, 1.165) is 6.42 Å². The van der Waals surface area contributed by atoms with E-state index in [1.807, 2.05) is 11.8 Å². The second-order valence-corrected chi connectivity index (χ2v) is 5.78. The van der Waals surface area contributed by atoms with E-state index in [1.165, 1.54) is 27.2 Å². The van der Waals surface area contributed by atoms with Crippen molar-refractivity contribution in [3.05, 3.63) is 58.5 Å². The lowest BCUT2D eigenvalue weighted by Gasteiger charge is -2.22. The Morgan fingerprint density at radius 1 is 1.24 bits per heavy atom. The third kappa shape index (κ3) is 1.89. The lowest BCUT2D eigenvalue weighted by Crippen LogP contribution is -2.04. The molecule has 17 heavy (non-hydrogen) atoms. The SMILES string of the molecule is Cc1ccc2c(c1)C1=C(C=CCC1C)C=CS2. The Kier molecular flexibility index (Phi) is 2.71. The molecule has 1 aliphatic carbocycles. The van der Waals surface area contributed by atoms with E-state index in [4.69, 9.17) is 0 Å². The van der Waals surface area contributed by atoms with Crippen molar-refractivity contribution < 1.29 is 0 Å². The lowest BCUT2D eigenvalue weighted by atomic mass is 9.83. The molecular formula is C16H16S. The maximum atomic E-state index is 2.33. The molecule has 86 valence electrons. The van der Waals surface area contributed by atoms with Crippen LogP contribution in [0.5, 0.6) is 0 Å². The van der Waals surface area contributed by atoms with E-state index in [-0.39, 0.29) is 0 Å². The molecule has 0 nitrogen and oxygen atoms in total. The van der Waals surface area contributed by atoms with Gasteiger partial charge in [-0.25, -0.2) is 0 Å². The summed E-state index contributed by atoms with van der Waals surface area (Å²) < 4.78 is 0. The molecule has 1 aromatic rings. The minimum atomic E-state index is 0.624. The zero-order valence-corrected chi connectivity index (χ0v) is 11.1. The number of aryl methyl sites for hydroxylation is 1. The molecule has 0 aromatic heterocycles.